The van der Waals surface area contributed by atoms with Gasteiger partial charge in [0.25, 0.3) is 5.91 Å². The van der Waals surface area contributed by atoms with Crippen molar-refractivity contribution in [3.63, 3.8) is 0 Å². The molecule has 0 aliphatic carbocycles. The van der Waals surface area contributed by atoms with Gasteiger partial charge in [-0.25, -0.2) is 9.67 Å². The minimum atomic E-state index is -0.655. The van der Waals surface area contributed by atoms with Gasteiger partial charge in [0.2, 0.25) is 0 Å². The van der Waals surface area contributed by atoms with Crippen LogP contribution in [0.1, 0.15) is 40.0 Å². The van der Waals surface area contributed by atoms with Crippen LogP contribution in [0.3, 0.4) is 0 Å². The summed E-state index contributed by atoms with van der Waals surface area (Å²) in [6.45, 7) is 4.49. The summed E-state index contributed by atoms with van der Waals surface area (Å²) in [4.78, 5) is 16.7. The average molecular weight is 366 g/mol. The summed E-state index contributed by atoms with van der Waals surface area (Å²) in [5.74, 6) is 0.213. The number of hydrogen-bond donors (Lipinski definition) is 3. The van der Waals surface area contributed by atoms with E-state index in [1.165, 1.54) is 4.68 Å². The maximum Gasteiger partial charge on any atom is 0.254 e. The summed E-state index contributed by atoms with van der Waals surface area (Å²) >= 11 is 0. The summed E-state index contributed by atoms with van der Waals surface area (Å²) in [6, 6.07) is 3.40. The number of phenols is 1. The van der Waals surface area contributed by atoms with E-state index in [2.05, 4.69) is 14.6 Å². The first kappa shape index (κ1) is 17.1. The Morgan fingerprint density at radius 1 is 1.26 bits per heavy atom. The van der Waals surface area contributed by atoms with E-state index in [4.69, 9.17) is 11.5 Å². The van der Waals surface area contributed by atoms with Crippen LogP contribution in [0.25, 0.3) is 17.2 Å². The quantitative estimate of drug-likeness (QED) is 0.654. The fourth-order valence-corrected chi connectivity index (χ4v) is 3.78. The third-order valence-electron chi connectivity index (χ3n) is 5.20. The van der Waals surface area contributed by atoms with Gasteiger partial charge in [0.05, 0.1) is 5.69 Å². The molecule has 5 N–H and O–H groups in total. The largest absolute Gasteiger partial charge is 0.508 e. The molecule has 0 saturated carbocycles. The summed E-state index contributed by atoms with van der Waals surface area (Å²) < 4.78 is 3.55. The van der Waals surface area contributed by atoms with Crippen LogP contribution in [0.2, 0.25) is 0 Å². The van der Waals surface area contributed by atoms with Gasteiger partial charge in [-0.3, -0.25) is 4.79 Å². The summed E-state index contributed by atoms with van der Waals surface area (Å²) in [7, 11) is 0. The van der Waals surface area contributed by atoms with Gasteiger partial charge in [0.1, 0.15) is 22.8 Å². The summed E-state index contributed by atoms with van der Waals surface area (Å²) in [5.41, 5.74) is 15.7. The molecule has 0 unspecified atom stereocenters. The number of primary amides is 1. The number of imidazole rings is 1. The topological polar surface area (TPSA) is 125 Å². The highest BCUT2D eigenvalue weighted by Gasteiger charge is 2.28. The zero-order chi connectivity index (χ0) is 19.3. The van der Waals surface area contributed by atoms with E-state index in [1.807, 2.05) is 13.1 Å². The molecule has 1 aliphatic heterocycles. The molecule has 140 valence electrons. The lowest BCUT2D eigenvalue weighted by molar-refractivity contribution is 0.100. The number of nitrogen functional groups attached to an aromatic ring is 1. The second-order valence-electron chi connectivity index (χ2n) is 6.94. The van der Waals surface area contributed by atoms with Gasteiger partial charge < -0.3 is 21.1 Å². The van der Waals surface area contributed by atoms with Crippen molar-refractivity contribution in [3.8, 4) is 23.0 Å². The Bertz CT molecular complexity index is 1060. The molecular weight excluding hydrogens is 344 g/mol. The fraction of sp³-hybridized carbons (Fsp3) is 0.316. The predicted molar refractivity (Wildman–Crippen MR) is 102 cm³/mol. The number of aromatic hydroxyl groups is 1. The van der Waals surface area contributed by atoms with Crippen LogP contribution in [0.15, 0.2) is 18.3 Å². The minimum absolute atomic E-state index is 0.130. The van der Waals surface area contributed by atoms with Crippen molar-refractivity contribution in [2.75, 3.05) is 5.73 Å². The number of carbonyl (C=O) groups is 1. The first-order valence-corrected chi connectivity index (χ1v) is 8.92. The number of amides is 1. The molecular formula is C19H22N6O2. The zero-order valence-electron chi connectivity index (χ0n) is 15.4. The molecule has 1 aliphatic rings. The summed E-state index contributed by atoms with van der Waals surface area (Å²) in [6.07, 6.45) is 4.93. The van der Waals surface area contributed by atoms with Crippen LogP contribution in [-0.2, 0) is 13.0 Å². The normalized spacial score (nSPS) is 13.6. The van der Waals surface area contributed by atoms with E-state index in [-0.39, 0.29) is 17.1 Å². The lowest BCUT2D eigenvalue weighted by Crippen LogP contribution is -2.16. The molecule has 8 heteroatoms. The highest BCUT2D eigenvalue weighted by molar-refractivity contribution is 6.03. The molecule has 1 amide bonds. The maximum atomic E-state index is 12.2. The Balaban J connectivity index is 1.98. The van der Waals surface area contributed by atoms with Crippen LogP contribution in [-0.4, -0.2) is 30.3 Å². The van der Waals surface area contributed by atoms with E-state index < -0.39 is 5.91 Å². The molecule has 0 bridgehead atoms. The molecule has 0 spiro atoms. The number of benzene rings is 1. The molecule has 3 heterocycles. The van der Waals surface area contributed by atoms with E-state index in [9.17, 15) is 9.90 Å². The number of aryl methyl sites for hydroxylation is 2. The molecule has 8 nitrogen and oxygen atoms in total. The number of aromatic nitrogens is 4. The van der Waals surface area contributed by atoms with Gasteiger partial charge in [-0.15, -0.1) is 0 Å². The number of fused-ring (bicyclic) bond motifs is 1. The van der Waals surface area contributed by atoms with Crippen molar-refractivity contribution in [1.82, 2.24) is 19.3 Å². The van der Waals surface area contributed by atoms with E-state index in [0.717, 1.165) is 37.1 Å². The van der Waals surface area contributed by atoms with Gasteiger partial charge >= 0.3 is 0 Å². The van der Waals surface area contributed by atoms with Gasteiger partial charge in [-0.1, -0.05) is 6.07 Å². The van der Waals surface area contributed by atoms with Crippen molar-refractivity contribution < 1.29 is 9.90 Å². The maximum absolute atomic E-state index is 12.2. The zero-order valence-corrected chi connectivity index (χ0v) is 15.4. The monoisotopic (exact) mass is 366 g/mol. The number of nitrogens with two attached hydrogens (primary N) is 2. The smallest absolute Gasteiger partial charge is 0.254 e. The molecule has 0 saturated heterocycles. The van der Waals surface area contributed by atoms with Gasteiger partial charge in [0, 0.05) is 24.0 Å². The standard InChI is InChI=1S/C19H22N6O2/c1-10-6-7-13(26)11(2)16(10)25-17(20)14(18(21)27)15(23-25)19-22-9-12-5-3-4-8-24(12)19/h6-7,9,26H,3-5,8,20H2,1-2H3,(H2,21,27). The fourth-order valence-electron chi connectivity index (χ4n) is 3.78. The molecule has 0 fully saturated rings. The summed E-state index contributed by atoms with van der Waals surface area (Å²) in [5, 5.41) is 14.7. The predicted octanol–water partition coefficient (Wildman–Crippen LogP) is 2.08. The Morgan fingerprint density at radius 3 is 2.78 bits per heavy atom. The molecule has 0 radical (unpaired) electrons. The van der Waals surface area contributed by atoms with Crippen molar-refractivity contribution in [3.05, 3.63) is 40.7 Å². The molecule has 2 aromatic heterocycles. The van der Waals surface area contributed by atoms with Crippen molar-refractivity contribution in [2.45, 2.75) is 39.7 Å². The lowest BCUT2D eigenvalue weighted by atomic mass is 10.1. The number of nitrogens with zero attached hydrogens (tertiary/aromatic N) is 4. The molecule has 3 aromatic rings. The van der Waals surface area contributed by atoms with Gasteiger partial charge in [0.15, 0.2) is 5.82 Å². The number of anilines is 1. The average Bonchev–Trinajstić information content (AvgIpc) is 3.20. The van der Waals surface area contributed by atoms with Crippen molar-refractivity contribution >= 4 is 11.7 Å². The molecule has 4 rings (SSSR count). The Labute approximate surface area is 156 Å². The second-order valence-corrected chi connectivity index (χ2v) is 6.94. The van der Waals surface area contributed by atoms with E-state index in [0.29, 0.717) is 22.8 Å². The number of rotatable bonds is 3. The van der Waals surface area contributed by atoms with E-state index >= 15 is 0 Å². The number of carbonyl (C=O) groups excluding carboxylic acids is 1. The SMILES string of the molecule is Cc1ccc(O)c(C)c1-n1nc(-c2ncc3n2CCCC3)c(C(N)=O)c1N. The van der Waals surface area contributed by atoms with Crippen LogP contribution < -0.4 is 11.5 Å². The van der Waals surface area contributed by atoms with Crippen LogP contribution in [0.4, 0.5) is 5.82 Å². The minimum Gasteiger partial charge on any atom is -0.508 e. The first-order chi connectivity index (χ1) is 12.9. The highest BCUT2D eigenvalue weighted by Crippen LogP contribution is 2.34. The second kappa shape index (κ2) is 6.15. The first-order valence-electron chi connectivity index (χ1n) is 8.92. The highest BCUT2D eigenvalue weighted by atomic mass is 16.3. The number of phenolic OH excluding ortho intramolecular Hbond substituents is 1. The van der Waals surface area contributed by atoms with Crippen LogP contribution in [0, 0.1) is 13.8 Å². The van der Waals surface area contributed by atoms with Crippen LogP contribution in [0.5, 0.6) is 5.75 Å². The lowest BCUT2D eigenvalue weighted by Gasteiger charge is -2.16. The Kier molecular flexibility index (Phi) is 3.91. The third-order valence-corrected chi connectivity index (χ3v) is 5.20. The number of hydrogen-bond acceptors (Lipinski definition) is 5. The van der Waals surface area contributed by atoms with Gasteiger partial charge in [-0.2, -0.15) is 5.10 Å². The van der Waals surface area contributed by atoms with Gasteiger partial charge in [-0.05, 0) is 44.7 Å². The van der Waals surface area contributed by atoms with Crippen LogP contribution >= 0.6 is 0 Å². The Morgan fingerprint density at radius 2 is 2.04 bits per heavy atom. The Hall–Kier alpha value is -3.29. The third kappa shape index (κ3) is 2.56. The molecule has 27 heavy (non-hydrogen) atoms. The molecule has 0 atom stereocenters. The molecule has 1 aromatic carbocycles. The van der Waals surface area contributed by atoms with Crippen molar-refractivity contribution in [1.29, 1.82) is 0 Å². The van der Waals surface area contributed by atoms with E-state index in [1.54, 1.807) is 19.1 Å². The van der Waals surface area contributed by atoms with Crippen molar-refractivity contribution in [2.24, 2.45) is 5.73 Å².